The number of amides is 4. The first-order chi connectivity index (χ1) is 32.3. The maximum atomic E-state index is 13.5. The van der Waals surface area contributed by atoms with Gasteiger partial charge in [-0.2, -0.15) is 20.5 Å². The first kappa shape index (κ1) is 52.5. The number of hydrogen-bond acceptors (Lipinski definition) is 12. The van der Waals surface area contributed by atoms with E-state index in [1.807, 2.05) is 0 Å². The normalized spacial score (nSPS) is 13.0. The number of ketones is 2. The van der Waals surface area contributed by atoms with Crippen LogP contribution in [0.15, 0.2) is 111 Å². The molecule has 21 heteroatoms. The van der Waals surface area contributed by atoms with Crippen LogP contribution in [0.5, 0.6) is 11.5 Å². The van der Waals surface area contributed by atoms with E-state index in [2.05, 4.69) is 41.7 Å². The first-order valence-corrected chi connectivity index (χ1v) is 22.5. The van der Waals surface area contributed by atoms with Gasteiger partial charge in [-0.15, -0.1) is 34.8 Å². The van der Waals surface area contributed by atoms with Crippen molar-refractivity contribution in [3.63, 3.8) is 0 Å². The number of halogens is 5. The van der Waals surface area contributed by atoms with Crippen LogP contribution in [-0.2, 0) is 25.1 Å². The Balaban J connectivity index is 1.28. The predicted octanol–water partition coefficient (Wildman–Crippen LogP) is 12.2. The Morgan fingerprint density at radius 1 is 0.588 bits per heavy atom. The minimum Gasteiger partial charge on any atom is -0.495 e. The Bertz CT molecular complexity index is 2820. The van der Waals surface area contributed by atoms with Crippen LogP contribution >= 0.6 is 58.0 Å². The summed E-state index contributed by atoms with van der Waals surface area (Å²) < 4.78 is 10.8. The summed E-state index contributed by atoms with van der Waals surface area (Å²) in [5, 5.41) is 26.2. The maximum absolute atomic E-state index is 13.5. The molecule has 4 N–H and O–H groups in total. The van der Waals surface area contributed by atoms with Crippen molar-refractivity contribution in [2.75, 3.05) is 35.5 Å². The van der Waals surface area contributed by atoms with Gasteiger partial charge in [0.05, 0.1) is 47.7 Å². The lowest BCUT2D eigenvalue weighted by molar-refractivity contribution is -0.127. The highest BCUT2D eigenvalue weighted by Gasteiger charge is 2.27. The number of benzene rings is 5. The van der Waals surface area contributed by atoms with Crippen molar-refractivity contribution in [1.29, 1.82) is 0 Å². The van der Waals surface area contributed by atoms with E-state index in [9.17, 15) is 28.8 Å². The van der Waals surface area contributed by atoms with Gasteiger partial charge in [0, 0.05) is 38.4 Å². The third-order valence-electron chi connectivity index (χ3n) is 9.80. The second-order valence-electron chi connectivity index (χ2n) is 14.8. The van der Waals surface area contributed by atoms with E-state index < -0.39 is 58.0 Å². The molecule has 5 aromatic rings. The molecule has 4 amide bonds. The lowest BCUT2D eigenvalue weighted by Gasteiger charge is -2.16. The lowest BCUT2D eigenvalue weighted by Crippen LogP contribution is -2.32. The molecule has 0 aromatic heterocycles. The highest BCUT2D eigenvalue weighted by Crippen LogP contribution is 2.37. The summed E-state index contributed by atoms with van der Waals surface area (Å²) in [6, 6.07) is 19.7. The van der Waals surface area contributed by atoms with Gasteiger partial charge in [-0.25, -0.2) is 0 Å². The summed E-state index contributed by atoms with van der Waals surface area (Å²) in [6.45, 7) is 5.79. The number of anilines is 4. The average Bonchev–Trinajstić information content (AvgIpc) is 3.28. The van der Waals surface area contributed by atoms with E-state index in [1.54, 1.807) is 50.2 Å². The quantitative estimate of drug-likeness (QED) is 0.0353. The van der Waals surface area contributed by atoms with Crippen LogP contribution < -0.4 is 30.7 Å². The third kappa shape index (κ3) is 13.6. The first-order valence-electron chi connectivity index (χ1n) is 20.3. The molecule has 0 aliphatic carbocycles. The number of para-hydroxylation sites is 2. The van der Waals surface area contributed by atoms with Crippen LogP contribution in [0, 0.1) is 0 Å². The average molecular weight is 1030 g/mol. The second kappa shape index (κ2) is 24.0. The molecule has 0 saturated heterocycles. The molecule has 68 heavy (non-hydrogen) atoms. The summed E-state index contributed by atoms with van der Waals surface area (Å²) in [4.78, 5) is 79.0. The van der Waals surface area contributed by atoms with Crippen LogP contribution in [0.4, 0.5) is 34.1 Å². The van der Waals surface area contributed by atoms with E-state index in [4.69, 9.17) is 67.5 Å². The summed E-state index contributed by atoms with van der Waals surface area (Å²) >= 11 is 31.6. The molecule has 0 radical (unpaired) electrons. The highest BCUT2D eigenvalue weighted by molar-refractivity contribution is 6.32. The highest BCUT2D eigenvalue weighted by atomic mass is 35.5. The summed E-state index contributed by atoms with van der Waals surface area (Å²) in [5.74, 6) is -3.57. The SMILES string of the molecule is COc1cccc(C(C)Cl)c1NC(=O)c1cc(Cl)cc(N=NC(C(C)=O)C(=O)Nc2ccc(NC(=O)C(N=Nc3cc(Cl)cc(C(=O)Nc4c(OC)cccc4C(C)Cl)c3)C(C)=O)c(CCl)c2)c1. The van der Waals surface area contributed by atoms with Gasteiger partial charge in [-0.05, 0) is 111 Å². The monoisotopic (exact) mass is 1020 g/mol. The number of hydrogen-bond donors (Lipinski definition) is 4. The number of Topliss-reactive ketones (excluding diaryl/α,β-unsaturated/α-hetero) is 2. The summed E-state index contributed by atoms with van der Waals surface area (Å²) in [5.41, 5.74) is 2.95. The fraction of sp³-hybridized carbons (Fsp3) is 0.234. The smallest absolute Gasteiger partial charge is 0.258 e. The number of rotatable bonds is 19. The fourth-order valence-electron chi connectivity index (χ4n) is 6.47. The van der Waals surface area contributed by atoms with Crippen LogP contribution in [0.2, 0.25) is 10.0 Å². The van der Waals surface area contributed by atoms with E-state index in [1.165, 1.54) is 68.8 Å². The molecule has 4 unspecified atom stereocenters. The Hall–Kier alpha value is -6.43. The molecule has 0 saturated carbocycles. The van der Waals surface area contributed by atoms with Crippen LogP contribution in [-0.4, -0.2) is 61.5 Å². The van der Waals surface area contributed by atoms with Crippen molar-refractivity contribution in [2.45, 2.75) is 56.4 Å². The Morgan fingerprint density at radius 2 is 1.03 bits per heavy atom. The van der Waals surface area contributed by atoms with Gasteiger partial charge in [-0.1, -0.05) is 47.5 Å². The van der Waals surface area contributed by atoms with Crippen molar-refractivity contribution in [3.05, 3.63) is 129 Å². The molecule has 5 aromatic carbocycles. The van der Waals surface area contributed by atoms with Crippen molar-refractivity contribution < 1.29 is 38.2 Å². The van der Waals surface area contributed by atoms with Crippen molar-refractivity contribution in [2.24, 2.45) is 20.5 Å². The second-order valence-corrected chi connectivity index (χ2v) is 17.3. The van der Waals surface area contributed by atoms with Crippen LogP contribution in [0.1, 0.15) is 75.9 Å². The molecule has 16 nitrogen and oxygen atoms in total. The summed E-state index contributed by atoms with van der Waals surface area (Å²) in [6.07, 6.45) is 0. The zero-order valence-corrected chi connectivity index (χ0v) is 40.9. The Kier molecular flexibility index (Phi) is 18.6. The van der Waals surface area contributed by atoms with Gasteiger partial charge >= 0.3 is 0 Å². The number of nitrogens with one attached hydrogen (secondary N) is 4. The van der Waals surface area contributed by atoms with Crippen molar-refractivity contribution in [3.8, 4) is 11.5 Å². The lowest BCUT2D eigenvalue weighted by atomic mass is 10.1. The van der Waals surface area contributed by atoms with Gasteiger partial charge in [0.1, 0.15) is 11.5 Å². The zero-order chi connectivity index (χ0) is 49.8. The Labute approximate surface area is 416 Å². The molecule has 4 atom stereocenters. The van der Waals surface area contributed by atoms with Gasteiger partial charge in [0.15, 0.2) is 11.6 Å². The van der Waals surface area contributed by atoms with Gasteiger partial charge in [-0.3, -0.25) is 28.8 Å². The number of ether oxygens (including phenoxy) is 2. The fourth-order valence-corrected chi connectivity index (χ4v) is 7.51. The van der Waals surface area contributed by atoms with E-state index >= 15 is 0 Å². The number of azo groups is 2. The van der Waals surface area contributed by atoms with Gasteiger partial charge in [0.2, 0.25) is 12.1 Å². The standard InChI is InChI=1S/C47H43Cl5N8O8/c1-23(49)35-9-7-11-38(67-5)42(35)55-44(63)27-15-30(51)20-33(17-27)57-59-40(25(3)61)46(65)53-32-13-14-37(29(19-32)22-48)54-47(66)41(26(4)62)60-58-34-18-28(16-31(52)21-34)45(64)56-43-36(24(2)50)10-8-12-39(43)68-6/h7-21,23-24,40-41H,22H2,1-6H3,(H,53,65)(H,54,66)(H,55,63)(H,56,64). The van der Waals surface area contributed by atoms with Crippen LogP contribution in [0.3, 0.4) is 0 Å². The number of nitrogens with zero attached hydrogens (tertiary/aromatic N) is 4. The zero-order valence-electron chi connectivity index (χ0n) is 37.1. The molecule has 5 rings (SSSR count). The number of carbonyl (C=O) groups excluding carboxylic acids is 6. The van der Waals surface area contributed by atoms with Crippen molar-refractivity contribution in [1.82, 2.24) is 0 Å². The summed E-state index contributed by atoms with van der Waals surface area (Å²) in [7, 11) is 2.91. The number of alkyl halides is 3. The molecular formula is C47H43Cl5N8O8. The molecule has 0 heterocycles. The minimum absolute atomic E-state index is 0.0683. The van der Waals surface area contributed by atoms with Crippen molar-refractivity contribution >= 4 is 127 Å². The molecule has 0 spiro atoms. The predicted molar refractivity (Wildman–Crippen MR) is 265 cm³/mol. The third-order valence-corrected chi connectivity index (χ3v) is 11.0. The van der Waals surface area contributed by atoms with Gasteiger partial charge < -0.3 is 30.7 Å². The van der Waals surface area contributed by atoms with Gasteiger partial charge in [0.25, 0.3) is 23.6 Å². The largest absolute Gasteiger partial charge is 0.495 e. The number of carbonyl (C=O) groups is 6. The Morgan fingerprint density at radius 3 is 1.43 bits per heavy atom. The topological polar surface area (TPSA) is 218 Å². The molecule has 0 aliphatic rings. The molecular weight excluding hydrogens is 982 g/mol. The molecule has 354 valence electrons. The number of methoxy groups -OCH3 is 2. The minimum atomic E-state index is -1.64. The molecule has 0 fully saturated rings. The van der Waals surface area contributed by atoms with E-state index in [-0.39, 0.29) is 49.8 Å². The van der Waals surface area contributed by atoms with Crippen LogP contribution in [0.25, 0.3) is 0 Å². The maximum Gasteiger partial charge on any atom is 0.258 e. The molecule has 0 aliphatic heterocycles. The molecule has 0 bridgehead atoms. The van der Waals surface area contributed by atoms with E-state index in [0.29, 0.717) is 39.6 Å². The van der Waals surface area contributed by atoms with E-state index in [0.717, 1.165) is 13.8 Å².